The van der Waals surface area contributed by atoms with Gasteiger partial charge in [-0.1, -0.05) is 31.4 Å². The average molecular weight is 352 g/mol. The van der Waals surface area contributed by atoms with E-state index in [-0.39, 0.29) is 0 Å². The van der Waals surface area contributed by atoms with Crippen molar-refractivity contribution in [3.63, 3.8) is 0 Å². The fourth-order valence-corrected chi connectivity index (χ4v) is 5.13. The predicted octanol–water partition coefficient (Wildman–Crippen LogP) is 4.38. The molecule has 0 amide bonds. The Hall–Kier alpha value is -1.90. The van der Waals surface area contributed by atoms with Crippen molar-refractivity contribution in [3.8, 4) is 0 Å². The molecule has 140 valence electrons. The number of nitrogens with zero attached hydrogens (tertiary/aromatic N) is 1. The van der Waals surface area contributed by atoms with E-state index in [0.29, 0.717) is 6.04 Å². The summed E-state index contributed by atoms with van der Waals surface area (Å²) >= 11 is 0. The number of fused-ring (bicyclic) bond motifs is 1. The van der Waals surface area contributed by atoms with E-state index in [9.17, 15) is 0 Å². The van der Waals surface area contributed by atoms with Gasteiger partial charge in [0, 0.05) is 23.8 Å². The number of allylic oxidation sites excluding steroid dienone is 2. The maximum atomic E-state index is 6.69. The highest BCUT2D eigenvalue weighted by Gasteiger charge is 2.27. The molecule has 1 aromatic rings. The standard InChI is InChI=1S/C23H33N3/c1-15-19-12-10-17(19)11-13-20(15)22(24)16(2)21-9-6-14-26(23(21)25)18-7-4-3-5-8-18/h11,13,18H,3-10,12,14,24-25H2,1-2H3/b22-16-. The van der Waals surface area contributed by atoms with Crippen LogP contribution < -0.4 is 11.5 Å². The fraction of sp³-hybridized carbons (Fsp3) is 0.565. The highest BCUT2D eigenvalue weighted by Crippen LogP contribution is 2.35. The second kappa shape index (κ2) is 7.02. The van der Waals surface area contributed by atoms with E-state index in [4.69, 9.17) is 11.5 Å². The quantitative estimate of drug-likeness (QED) is 0.849. The van der Waals surface area contributed by atoms with Gasteiger partial charge in [-0.2, -0.15) is 0 Å². The monoisotopic (exact) mass is 351 g/mol. The minimum atomic E-state index is 0.631. The van der Waals surface area contributed by atoms with Crippen LogP contribution in [0.3, 0.4) is 0 Å². The second-order valence-corrected chi connectivity index (χ2v) is 8.37. The maximum absolute atomic E-state index is 6.69. The third-order valence-corrected chi connectivity index (χ3v) is 6.95. The molecule has 4 N–H and O–H groups in total. The Bertz CT molecular complexity index is 766. The van der Waals surface area contributed by atoms with Crippen molar-refractivity contribution in [2.24, 2.45) is 11.5 Å². The van der Waals surface area contributed by atoms with E-state index in [0.717, 1.165) is 24.5 Å². The molecule has 3 aliphatic rings. The molecule has 26 heavy (non-hydrogen) atoms. The van der Waals surface area contributed by atoms with E-state index in [1.165, 1.54) is 84.8 Å². The molecule has 4 rings (SSSR count). The minimum Gasteiger partial charge on any atom is -0.398 e. The Morgan fingerprint density at radius 1 is 1.04 bits per heavy atom. The maximum Gasteiger partial charge on any atom is 0.102 e. The predicted molar refractivity (Wildman–Crippen MR) is 109 cm³/mol. The van der Waals surface area contributed by atoms with Gasteiger partial charge in [0.2, 0.25) is 0 Å². The highest BCUT2D eigenvalue weighted by atomic mass is 15.2. The Labute approximate surface area is 158 Å². The molecule has 0 atom stereocenters. The van der Waals surface area contributed by atoms with Gasteiger partial charge < -0.3 is 16.4 Å². The summed E-state index contributed by atoms with van der Waals surface area (Å²) in [7, 11) is 0. The molecular weight excluding hydrogens is 318 g/mol. The summed E-state index contributed by atoms with van der Waals surface area (Å²) in [5.74, 6) is 0.991. The van der Waals surface area contributed by atoms with Gasteiger partial charge in [0.15, 0.2) is 0 Å². The molecule has 3 heteroatoms. The van der Waals surface area contributed by atoms with E-state index < -0.39 is 0 Å². The van der Waals surface area contributed by atoms with Gasteiger partial charge in [0.05, 0.1) is 0 Å². The van der Waals surface area contributed by atoms with Crippen LogP contribution in [-0.2, 0) is 12.8 Å². The molecular formula is C23H33N3. The molecule has 1 saturated carbocycles. The number of hydrogen-bond acceptors (Lipinski definition) is 3. The summed E-state index contributed by atoms with van der Waals surface area (Å²) in [6, 6.07) is 5.10. The molecule has 0 spiro atoms. The zero-order valence-corrected chi connectivity index (χ0v) is 16.4. The van der Waals surface area contributed by atoms with Crippen molar-refractivity contribution in [1.82, 2.24) is 4.90 Å². The Balaban J connectivity index is 1.68. The number of aryl methyl sites for hydroxylation is 1. The third-order valence-electron chi connectivity index (χ3n) is 6.95. The highest BCUT2D eigenvalue weighted by molar-refractivity contribution is 5.73. The smallest absolute Gasteiger partial charge is 0.102 e. The molecule has 3 nitrogen and oxygen atoms in total. The first-order valence-electron chi connectivity index (χ1n) is 10.4. The van der Waals surface area contributed by atoms with Gasteiger partial charge in [-0.15, -0.1) is 0 Å². The van der Waals surface area contributed by atoms with Crippen molar-refractivity contribution in [2.45, 2.75) is 77.7 Å². The van der Waals surface area contributed by atoms with Crippen LogP contribution in [0.4, 0.5) is 0 Å². The van der Waals surface area contributed by atoms with Gasteiger partial charge in [-0.3, -0.25) is 0 Å². The molecule has 1 aromatic carbocycles. The van der Waals surface area contributed by atoms with Crippen molar-refractivity contribution in [3.05, 3.63) is 51.4 Å². The summed E-state index contributed by atoms with van der Waals surface area (Å²) < 4.78 is 0. The van der Waals surface area contributed by atoms with Crippen molar-refractivity contribution < 1.29 is 0 Å². The van der Waals surface area contributed by atoms with Crippen LogP contribution in [0.25, 0.3) is 5.70 Å². The Kier molecular flexibility index (Phi) is 4.73. The zero-order valence-electron chi connectivity index (χ0n) is 16.4. The first-order valence-corrected chi connectivity index (χ1v) is 10.4. The summed E-state index contributed by atoms with van der Waals surface area (Å²) in [6.07, 6.45) is 11.3. The van der Waals surface area contributed by atoms with Crippen LogP contribution in [0.1, 0.15) is 74.1 Å². The summed E-state index contributed by atoms with van der Waals surface area (Å²) in [5.41, 5.74) is 22.3. The van der Waals surface area contributed by atoms with E-state index in [1.807, 2.05) is 0 Å². The fourth-order valence-electron chi connectivity index (χ4n) is 5.13. The SMILES string of the molecule is C/C(C1=C(N)N(C2CCCCC2)CCC1)=C(/N)c1ccc2c(c1C)CC2. The minimum absolute atomic E-state index is 0.631. The van der Waals surface area contributed by atoms with E-state index >= 15 is 0 Å². The van der Waals surface area contributed by atoms with Crippen molar-refractivity contribution >= 4 is 5.70 Å². The Morgan fingerprint density at radius 2 is 1.81 bits per heavy atom. The Morgan fingerprint density at radius 3 is 2.50 bits per heavy atom. The molecule has 0 bridgehead atoms. The average Bonchev–Trinajstić information content (AvgIpc) is 2.63. The van der Waals surface area contributed by atoms with Gasteiger partial charge in [-0.05, 0) is 80.2 Å². The number of nitrogens with two attached hydrogens (primary N) is 2. The molecule has 0 unspecified atom stereocenters. The van der Waals surface area contributed by atoms with E-state index in [2.05, 4.69) is 30.9 Å². The second-order valence-electron chi connectivity index (χ2n) is 8.37. The van der Waals surface area contributed by atoms with Gasteiger partial charge in [-0.25, -0.2) is 0 Å². The summed E-state index contributed by atoms with van der Waals surface area (Å²) in [4.78, 5) is 2.49. The van der Waals surface area contributed by atoms with Crippen LogP contribution in [0.5, 0.6) is 0 Å². The van der Waals surface area contributed by atoms with Gasteiger partial charge in [0.1, 0.15) is 5.82 Å². The normalized spacial score (nSPS) is 22.0. The van der Waals surface area contributed by atoms with Crippen molar-refractivity contribution in [2.75, 3.05) is 6.54 Å². The van der Waals surface area contributed by atoms with Gasteiger partial charge >= 0.3 is 0 Å². The lowest BCUT2D eigenvalue weighted by atomic mass is 9.81. The molecule has 1 heterocycles. The molecule has 1 fully saturated rings. The van der Waals surface area contributed by atoms with Crippen LogP contribution in [0.2, 0.25) is 0 Å². The lowest BCUT2D eigenvalue weighted by Crippen LogP contribution is -2.42. The largest absolute Gasteiger partial charge is 0.398 e. The third kappa shape index (κ3) is 2.91. The van der Waals surface area contributed by atoms with Crippen LogP contribution in [-0.4, -0.2) is 17.5 Å². The number of benzene rings is 1. The van der Waals surface area contributed by atoms with Gasteiger partial charge in [0.25, 0.3) is 0 Å². The van der Waals surface area contributed by atoms with Crippen LogP contribution >= 0.6 is 0 Å². The zero-order chi connectivity index (χ0) is 18.3. The molecule has 0 radical (unpaired) electrons. The van der Waals surface area contributed by atoms with Crippen LogP contribution in [0.15, 0.2) is 29.1 Å². The van der Waals surface area contributed by atoms with E-state index in [1.54, 1.807) is 0 Å². The first kappa shape index (κ1) is 17.5. The topological polar surface area (TPSA) is 55.3 Å². The molecule has 0 saturated heterocycles. The molecule has 0 aromatic heterocycles. The number of hydrogen-bond donors (Lipinski definition) is 2. The molecule has 2 aliphatic carbocycles. The molecule has 1 aliphatic heterocycles. The lowest BCUT2D eigenvalue weighted by molar-refractivity contribution is 0.185. The summed E-state index contributed by atoms with van der Waals surface area (Å²) in [6.45, 7) is 5.49. The number of rotatable bonds is 3. The van der Waals surface area contributed by atoms with Crippen molar-refractivity contribution in [1.29, 1.82) is 0 Å². The van der Waals surface area contributed by atoms with Crippen LogP contribution in [0, 0.1) is 6.92 Å². The first-order chi connectivity index (χ1) is 12.6. The summed E-state index contributed by atoms with van der Waals surface area (Å²) in [5, 5.41) is 0. The lowest BCUT2D eigenvalue weighted by Gasteiger charge is -2.40.